The van der Waals surface area contributed by atoms with Crippen molar-refractivity contribution in [2.75, 3.05) is 12.4 Å². The van der Waals surface area contributed by atoms with Crippen molar-refractivity contribution in [3.63, 3.8) is 0 Å². The normalized spacial score (nSPS) is 19.1. The lowest BCUT2D eigenvalue weighted by atomic mass is 9.77. The van der Waals surface area contributed by atoms with Gasteiger partial charge in [-0.25, -0.2) is 4.39 Å². The quantitative estimate of drug-likeness (QED) is 0.431. The van der Waals surface area contributed by atoms with Crippen LogP contribution in [0, 0.1) is 12.7 Å². The Bertz CT molecular complexity index is 1160. The Kier molecular flexibility index (Phi) is 5.53. The summed E-state index contributed by atoms with van der Waals surface area (Å²) < 4.78 is 13.4. The van der Waals surface area contributed by atoms with Gasteiger partial charge < -0.3 is 15.4 Å². The van der Waals surface area contributed by atoms with Crippen molar-refractivity contribution in [3.05, 3.63) is 53.3 Å². The Hall–Kier alpha value is -2.86. The van der Waals surface area contributed by atoms with Crippen LogP contribution in [0.15, 0.2) is 41.4 Å². The molecule has 1 aliphatic heterocycles. The standard InChI is InChI=1S/C26H33FN4O/c1-16-11-18(28-15-21-20-9-7-17(27)12-23(20)30-24(21)32)8-10-22(16)29-19-13-25(2,3)31(6)26(4,5)14-19/h7-12,15,19,29-30,32H,13-14H2,1-6H3. The lowest BCUT2D eigenvalue weighted by molar-refractivity contribution is -0.00768. The maximum atomic E-state index is 13.4. The summed E-state index contributed by atoms with van der Waals surface area (Å²) in [6.07, 6.45) is 3.77. The monoisotopic (exact) mass is 436 g/mol. The van der Waals surface area contributed by atoms with Crippen molar-refractivity contribution in [2.24, 2.45) is 4.99 Å². The Morgan fingerprint density at radius 1 is 1.12 bits per heavy atom. The van der Waals surface area contributed by atoms with E-state index in [1.54, 1.807) is 12.3 Å². The van der Waals surface area contributed by atoms with Crippen LogP contribution in [0.5, 0.6) is 5.88 Å². The Balaban J connectivity index is 1.53. The highest BCUT2D eigenvalue weighted by Gasteiger charge is 2.43. The predicted molar refractivity (Wildman–Crippen MR) is 131 cm³/mol. The molecule has 3 aromatic rings. The third-order valence-corrected chi connectivity index (χ3v) is 7.00. The molecule has 0 atom stereocenters. The molecule has 1 saturated heterocycles. The SMILES string of the molecule is Cc1cc(N=Cc2c(O)[nH]c3cc(F)ccc23)ccc1NC1CC(C)(C)N(C)C(C)(C)C1. The van der Waals surface area contributed by atoms with Crippen LogP contribution in [0.4, 0.5) is 15.8 Å². The van der Waals surface area contributed by atoms with Crippen LogP contribution in [0.1, 0.15) is 51.7 Å². The molecule has 170 valence electrons. The highest BCUT2D eigenvalue weighted by Crippen LogP contribution is 2.38. The number of aromatic hydroxyl groups is 1. The number of aromatic amines is 1. The van der Waals surface area contributed by atoms with Gasteiger partial charge in [0.2, 0.25) is 0 Å². The topological polar surface area (TPSA) is 63.7 Å². The van der Waals surface area contributed by atoms with Crippen molar-refractivity contribution >= 4 is 28.5 Å². The van der Waals surface area contributed by atoms with Crippen LogP contribution in [-0.2, 0) is 0 Å². The maximum absolute atomic E-state index is 13.4. The second kappa shape index (κ2) is 7.93. The number of likely N-dealkylation sites (tertiary alicyclic amines) is 1. The van der Waals surface area contributed by atoms with Crippen LogP contribution < -0.4 is 5.32 Å². The van der Waals surface area contributed by atoms with Gasteiger partial charge in [-0.2, -0.15) is 0 Å². The molecule has 0 spiro atoms. The number of rotatable bonds is 4. The molecular weight excluding hydrogens is 403 g/mol. The first-order chi connectivity index (χ1) is 15.0. The number of benzene rings is 2. The van der Waals surface area contributed by atoms with Gasteiger partial charge in [0.05, 0.1) is 16.8 Å². The maximum Gasteiger partial charge on any atom is 0.198 e. The van der Waals surface area contributed by atoms with Gasteiger partial charge in [0.1, 0.15) is 5.82 Å². The predicted octanol–water partition coefficient (Wildman–Crippen LogP) is 6.13. The summed E-state index contributed by atoms with van der Waals surface area (Å²) in [5.41, 5.74) is 4.39. The fraction of sp³-hybridized carbons (Fsp3) is 0.423. The molecule has 1 aliphatic rings. The van der Waals surface area contributed by atoms with Crippen LogP contribution in [0.25, 0.3) is 10.9 Å². The zero-order chi connectivity index (χ0) is 23.3. The van der Waals surface area contributed by atoms with Gasteiger partial charge in [0.25, 0.3) is 0 Å². The number of fused-ring (bicyclic) bond motifs is 1. The molecule has 2 aromatic carbocycles. The van der Waals surface area contributed by atoms with E-state index in [2.05, 4.69) is 67.9 Å². The van der Waals surface area contributed by atoms with Crippen molar-refractivity contribution in [3.8, 4) is 5.88 Å². The average molecular weight is 437 g/mol. The molecule has 0 unspecified atom stereocenters. The summed E-state index contributed by atoms with van der Waals surface area (Å²) in [5, 5.41) is 14.7. The number of piperidine rings is 1. The highest BCUT2D eigenvalue weighted by atomic mass is 19.1. The van der Waals surface area contributed by atoms with Crippen LogP contribution >= 0.6 is 0 Å². The molecule has 2 heterocycles. The number of halogens is 1. The molecule has 0 aliphatic carbocycles. The smallest absolute Gasteiger partial charge is 0.198 e. The second-order valence-corrected chi connectivity index (χ2v) is 10.3. The Labute approximate surface area is 189 Å². The molecule has 6 heteroatoms. The summed E-state index contributed by atoms with van der Waals surface area (Å²) in [6, 6.07) is 10.9. The third-order valence-electron chi connectivity index (χ3n) is 7.00. The van der Waals surface area contributed by atoms with Crippen molar-refractivity contribution < 1.29 is 9.50 Å². The van der Waals surface area contributed by atoms with E-state index in [1.807, 2.05) is 12.1 Å². The number of hydrogen-bond donors (Lipinski definition) is 3. The van der Waals surface area contributed by atoms with E-state index >= 15 is 0 Å². The number of aromatic nitrogens is 1. The van der Waals surface area contributed by atoms with E-state index in [0.717, 1.165) is 35.2 Å². The summed E-state index contributed by atoms with van der Waals surface area (Å²) in [4.78, 5) is 9.83. The van der Waals surface area contributed by atoms with Crippen molar-refractivity contribution in [2.45, 2.75) is 64.6 Å². The molecule has 0 saturated carbocycles. The van der Waals surface area contributed by atoms with Crippen LogP contribution in [0.2, 0.25) is 0 Å². The number of nitrogens with zero attached hydrogens (tertiary/aromatic N) is 2. The molecule has 5 nitrogen and oxygen atoms in total. The number of aryl methyl sites for hydroxylation is 1. The minimum absolute atomic E-state index is 0.0168. The summed E-state index contributed by atoms with van der Waals surface area (Å²) in [6.45, 7) is 11.3. The highest BCUT2D eigenvalue weighted by molar-refractivity contribution is 6.02. The first kappa shape index (κ1) is 22.3. The lowest BCUT2D eigenvalue weighted by Crippen LogP contribution is -2.61. The van der Waals surface area contributed by atoms with Gasteiger partial charge >= 0.3 is 0 Å². The lowest BCUT2D eigenvalue weighted by Gasteiger charge is -2.54. The molecular formula is C26H33FN4O. The largest absolute Gasteiger partial charge is 0.494 e. The number of nitrogens with one attached hydrogen (secondary N) is 2. The van der Waals surface area contributed by atoms with Gasteiger partial charge in [-0.1, -0.05) is 0 Å². The number of hydrogen-bond acceptors (Lipinski definition) is 4. The Morgan fingerprint density at radius 3 is 2.47 bits per heavy atom. The van der Waals surface area contributed by atoms with Gasteiger partial charge in [-0.3, -0.25) is 9.89 Å². The molecule has 1 fully saturated rings. The minimum Gasteiger partial charge on any atom is -0.494 e. The van der Waals surface area contributed by atoms with E-state index in [1.165, 1.54) is 12.1 Å². The molecule has 0 radical (unpaired) electrons. The third kappa shape index (κ3) is 4.24. The van der Waals surface area contributed by atoms with E-state index < -0.39 is 0 Å². The van der Waals surface area contributed by atoms with Crippen molar-refractivity contribution in [1.29, 1.82) is 0 Å². The molecule has 0 amide bonds. The zero-order valence-electron chi connectivity index (χ0n) is 19.8. The summed E-state index contributed by atoms with van der Waals surface area (Å²) >= 11 is 0. The zero-order valence-corrected chi connectivity index (χ0v) is 19.8. The van der Waals surface area contributed by atoms with Gasteiger partial charge in [-0.05, 0) is 96.5 Å². The van der Waals surface area contributed by atoms with Crippen LogP contribution in [-0.4, -0.2) is 45.4 Å². The first-order valence-electron chi connectivity index (χ1n) is 11.1. The van der Waals surface area contributed by atoms with E-state index in [9.17, 15) is 9.50 Å². The first-order valence-corrected chi connectivity index (χ1v) is 11.1. The van der Waals surface area contributed by atoms with Crippen molar-refractivity contribution in [1.82, 2.24) is 9.88 Å². The van der Waals surface area contributed by atoms with E-state index in [4.69, 9.17) is 0 Å². The van der Waals surface area contributed by atoms with Gasteiger partial charge in [0.15, 0.2) is 5.88 Å². The summed E-state index contributed by atoms with van der Waals surface area (Å²) in [7, 11) is 2.22. The number of anilines is 1. The fourth-order valence-electron chi connectivity index (χ4n) is 5.03. The fourth-order valence-corrected chi connectivity index (χ4v) is 5.03. The average Bonchev–Trinajstić information content (AvgIpc) is 3.00. The van der Waals surface area contributed by atoms with Gasteiger partial charge in [0, 0.05) is 34.4 Å². The van der Waals surface area contributed by atoms with Crippen LogP contribution in [0.3, 0.4) is 0 Å². The molecule has 0 bridgehead atoms. The minimum atomic E-state index is -0.350. The van der Waals surface area contributed by atoms with E-state index in [0.29, 0.717) is 17.1 Å². The summed E-state index contributed by atoms with van der Waals surface area (Å²) in [5.74, 6) is -0.366. The Morgan fingerprint density at radius 2 is 1.81 bits per heavy atom. The van der Waals surface area contributed by atoms with Gasteiger partial charge in [-0.15, -0.1) is 0 Å². The molecule has 1 aromatic heterocycles. The molecule has 32 heavy (non-hydrogen) atoms. The van der Waals surface area contributed by atoms with E-state index in [-0.39, 0.29) is 22.8 Å². The molecule has 4 rings (SSSR count). The number of aliphatic imine (C=N–C) groups is 1. The molecule has 3 N–H and O–H groups in total. The number of H-pyrrole nitrogens is 1. The second-order valence-electron chi connectivity index (χ2n) is 10.3.